The molecule has 0 aliphatic heterocycles. The Bertz CT molecular complexity index is 963. The number of hydrogen-bond donors (Lipinski definition) is 1. The van der Waals surface area contributed by atoms with Crippen LogP contribution >= 0.6 is 0 Å². The first kappa shape index (κ1) is 21.8. The normalized spacial score (nSPS) is 13.5. The molecule has 0 fully saturated rings. The second kappa shape index (κ2) is 9.24. The number of nitrogens with zero attached hydrogens (tertiary/aromatic N) is 1. The monoisotopic (exact) mass is 408 g/mol. The molecule has 1 aliphatic carbocycles. The van der Waals surface area contributed by atoms with Gasteiger partial charge in [-0.3, -0.25) is 4.79 Å². The molecule has 0 atom stereocenters. The summed E-state index contributed by atoms with van der Waals surface area (Å²) in [7, 11) is 1.65. The van der Waals surface area contributed by atoms with Crippen LogP contribution in [0.4, 0.5) is 0 Å². The van der Waals surface area contributed by atoms with Gasteiger partial charge in [-0.05, 0) is 82.5 Å². The maximum absolute atomic E-state index is 12.7. The average molecular weight is 409 g/mol. The Balaban J connectivity index is 1.78. The molecule has 0 saturated carbocycles. The largest absolute Gasteiger partial charge is 0.497 e. The fraction of sp³-hybridized carbons (Fsp3) is 0.400. The molecule has 1 N–H and O–H groups in total. The van der Waals surface area contributed by atoms with Crippen molar-refractivity contribution in [3.05, 3.63) is 65.0 Å². The highest BCUT2D eigenvalue weighted by Gasteiger charge is 2.22. The van der Waals surface area contributed by atoms with Gasteiger partial charge in [0.05, 0.1) is 12.7 Å². The number of hydrogen-bond acceptors (Lipinski definition) is 3. The number of amides is 1. The van der Waals surface area contributed by atoms with Crippen molar-refractivity contribution in [2.45, 2.75) is 53.1 Å². The average Bonchev–Trinajstić information content (AvgIpc) is 3.30. The summed E-state index contributed by atoms with van der Waals surface area (Å²) in [5.74, 6) is 1.61. The Morgan fingerprint density at radius 3 is 2.40 bits per heavy atom. The molecular weight excluding hydrogens is 376 g/mol. The second-order valence-corrected chi connectivity index (χ2v) is 8.25. The van der Waals surface area contributed by atoms with E-state index < -0.39 is 0 Å². The number of methoxy groups -OCH3 is 1. The Kier molecular flexibility index (Phi) is 6.70. The minimum absolute atomic E-state index is 0.0196. The number of aromatic nitrogens is 1. The molecule has 1 heterocycles. The van der Waals surface area contributed by atoms with Crippen LogP contribution in [0.15, 0.2) is 48.1 Å². The van der Waals surface area contributed by atoms with Gasteiger partial charge in [-0.1, -0.05) is 12.2 Å². The standard InChI is InChI=1S/C25H32N2O3/c1-16(2)26-25(28)23-14-24(27(17(3)4)18(23)5)20-8-7-19(13-20)15-30-22-11-9-21(29-6)10-12-22/h8-14,16-17H,7,15H2,1-6H3,(H,26,28). The van der Waals surface area contributed by atoms with Crippen LogP contribution in [-0.4, -0.2) is 30.2 Å². The summed E-state index contributed by atoms with van der Waals surface area (Å²) in [6, 6.07) is 9.99. The van der Waals surface area contributed by atoms with Crippen LogP contribution in [0.3, 0.4) is 0 Å². The van der Waals surface area contributed by atoms with Crippen molar-refractivity contribution in [2.24, 2.45) is 0 Å². The molecule has 0 radical (unpaired) electrons. The molecular formula is C25H32N2O3. The molecule has 2 aromatic rings. The molecule has 160 valence electrons. The number of nitrogens with one attached hydrogen (secondary N) is 1. The van der Waals surface area contributed by atoms with Crippen molar-refractivity contribution in [1.82, 2.24) is 9.88 Å². The molecule has 1 aromatic heterocycles. The van der Waals surface area contributed by atoms with E-state index >= 15 is 0 Å². The molecule has 0 unspecified atom stereocenters. The van der Waals surface area contributed by atoms with Crippen molar-refractivity contribution in [3.63, 3.8) is 0 Å². The Labute approximate surface area is 179 Å². The maximum Gasteiger partial charge on any atom is 0.253 e. The van der Waals surface area contributed by atoms with Crippen LogP contribution in [0.1, 0.15) is 61.9 Å². The first-order valence-electron chi connectivity index (χ1n) is 10.5. The van der Waals surface area contributed by atoms with Crippen LogP contribution in [0.25, 0.3) is 5.57 Å². The molecule has 0 saturated heterocycles. The highest BCUT2D eigenvalue weighted by Crippen LogP contribution is 2.32. The first-order valence-corrected chi connectivity index (χ1v) is 10.5. The Morgan fingerprint density at radius 1 is 1.13 bits per heavy atom. The molecule has 0 spiro atoms. The van der Waals surface area contributed by atoms with Gasteiger partial charge in [-0.15, -0.1) is 0 Å². The maximum atomic E-state index is 12.7. The summed E-state index contributed by atoms with van der Waals surface area (Å²) in [6.07, 6.45) is 5.24. The molecule has 5 heteroatoms. The van der Waals surface area contributed by atoms with E-state index in [4.69, 9.17) is 9.47 Å². The van der Waals surface area contributed by atoms with E-state index in [2.05, 4.69) is 35.9 Å². The molecule has 1 aliphatic rings. The highest BCUT2D eigenvalue weighted by atomic mass is 16.5. The summed E-state index contributed by atoms with van der Waals surface area (Å²) >= 11 is 0. The quantitative estimate of drug-likeness (QED) is 0.643. The van der Waals surface area contributed by atoms with E-state index in [1.165, 1.54) is 5.57 Å². The highest BCUT2D eigenvalue weighted by molar-refractivity contribution is 5.97. The van der Waals surface area contributed by atoms with Gasteiger partial charge in [-0.2, -0.15) is 0 Å². The van der Waals surface area contributed by atoms with E-state index in [1.54, 1.807) is 7.11 Å². The van der Waals surface area contributed by atoms with Gasteiger partial charge >= 0.3 is 0 Å². The van der Waals surface area contributed by atoms with E-state index in [-0.39, 0.29) is 18.0 Å². The number of rotatable bonds is 8. The summed E-state index contributed by atoms with van der Waals surface area (Å²) in [6.45, 7) is 10.8. The van der Waals surface area contributed by atoms with Crippen molar-refractivity contribution >= 4 is 11.5 Å². The molecule has 5 nitrogen and oxygen atoms in total. The number of carbonyl (C=O) groups is 1. The van der Waals surface area contributed by atoms with Crippen LogP contribution in [-0.2, 0) is 0 Å². The zero-order chi connectivity index (χ0) is 21.8. The van der Waals surface area contributed by atoms with Crippen molar-refractivity contribution in [3.8, 4) is 11.5 Å². The Hall–Kier alpha value is -2.95. The predicted molar refractivity (Wildman–Crippen MR) is 121 cm³/mol. The van der Waals surface area contributed by atoms with Crippen molar-refractivity contribution < 1.29 is 14.3 Å². The molecule has 0 bridgehead atoms. The summed E-state index contributed by atoms with van der Waals surface area (Å²) in [5, 5.41) is 3.01. The smallest absolute Gasteiger partial charge is 0.253 e. The number of allylic oxidation sites excluding steroid dienone is 3. The van der Waals surface area contributed by atoms with Gasteiger partial charge in [-0.25, -0.2) is 0 Å². The summed E-state index contributed by atoms with van der Waals surface area (Å²) in [5.41, 5.74) is 5.17. The zero-order valence-electron chi connectivity index (χ0n) is 18.8. The third-order valence-corrected chi connectivity index (χ3v) is 5.20. The molecule has 30 heavy (non-hydrogen) atoms. The fourth-order valence-electron chi connectivity index (χ4n) is 3.78. The van der Waals surface area contributed by atoms with E-state index in [9.17, 15) is 4.79 Å². The van der Waals surface area contributed by atoms with E-state index in [0.29, 0.717) is 6.61 Å². The van der Waals surface area contributed by atoms with E-state index in [1.807, 2.05) is 51.1 Å². The number of benzene rings is 1. The SMILES string of the molecule is COc1ccc(OCC2=CC(c3cc(C(=O)NC(C)C)c(C)n3C(C)C)=CC2)cc1. The van der Waals surface area contributed by atoms with Gasteiger partial charge in [0.15, 0.2) is 0 Å². The minimum Gasteiger partial charge on any atom is -0.497 e. The lowest BCUT2D eigenvalue weighted by atomic mass is 10.1. The van der Waals surface area contributed by atoms with Gasteiger partial charge in [0.2, 0.25) is 0 Å². The van der Waals surface area contributed by atoms with Gasteiger partial charge in [0.25, 0.3) is 5.91 Å². The van der Waals surface area contributed by atoms with Crippen molar-refractivity contribution in [2.75, 3.05) is 13.7 Å². The third-order valence-electron chi connectivity index (χ3n) is 5.20. The van der Waals surface area contributed by atoms with Crippen molar-refractivity contribution in [1.29, 1.82) is 0 Å². The predicted octanol–water partition coefficient (Wildman–Crippen LogP) is 5.32. The topological polar surface area (TPSA) is 52.5 Å². The van der Waals surface area contributed by atoms with Crippen LogP contribution < -0.4 is 14.8 Å². The first-order chi connectivity index (χ1) is 14.3. The number of carbonyl (C=O) groups excluding carboxylic acids is 1. The fourth-order valence-corrected chi connectivity index (χ4v) is 3.78. The lowest BCUT2D eigenvalue weighted by Crippen LogP contribution is -2.30. The van der Waals surface area contributed by atoms with Gasteiger partial charge in [0.1, 0.15) is 18.1 Å². The molecule has 3 rings (SSSR count). The van der Waals surface area contributed by atoms with Crippen LogP contribution in [0, 0.1) is 6.92 Å². The van der Waals surface area contributed by atoms with Gasteiger partial charge in [0, 0.05) is 23.5 Å². The molecule has 1 amide bonds. The lowest BCUT2D eigenvalue weighted by Gasteiger charge is -2.16. The Morgan fingerprint density at radius 2 is 1.80 bits per heavy atom. The minimum atomic E-state index is -0.0196. The molecule has 1 aromatic carbocycles. The summed E-state index contributed by atoms with van der Waals surface area (Å²) < 4.78 is 13.4. The van der Waals surface area contributed by atoms with Gasteiger partial charge < -0.3 is 19.4 Å². The third kappa shape index (κ3) is 4.78. The summed E-state index contributed by atoms with van der Waals surface area (Å²) in [4.78, 5) is 12.7. The van der Waals surface area contributed by atoms with Crippen LogP contribution in [0.5, 0.6) is 11.5 Å². The zero-order valence-corrected chi connectivity index (χ0v) is 18.8. The second-order valence-electron chi connectivity index (χ2n) is 8.25. The van der Waals surface area contributed by atoms with E-state index in [0.717, 1.165) is 40.4 Å². The lowest BCUT2D eigenvalue weighted by molar-refractivity contribution is 0.0942. The number of ether oxygens (including phenoxy) is 2. The van der Waals surface area contributed by atoms with Crippen LogP contribution in [0.2, 0.25) is 0 Å².